The van der Waals surface area contributed by atoms with Crippen LogP contribution in [0.3, 0.4) is 0 Å². The van der Waals surface area contributed by atoms with Crippen LogP contribution in [0.4, 0.5) is 10.1 Å². The Kier molecular flexibility index (Phi) is 11.2. The van der Waals surface area contributed by atoms with Gasteiger partial charge in [-0.25, -0.2) is 4.39 Å². The molecule has 2 aromatic rings. The first kappa shape index (κ1) is 32.4. The summed E-state index contributed by atoms with van der Waals surface area (Å²) >= 11 is 5.97. The fraction of sp³-hybridized carbons (Fsp3) is 0.533. The van der Waals surface area contributed by atoms with Crippen LogP contribution in [0.2, 0.25) is 0 Å². The lowest BCUT2D eigenvalue weighted by Gasteiger charge is -2.31. The molecule has 0 spiro atoms. The number of carbonyl (C=O) groups excluding carboxylic acids is 1. The van der Waals surface area contributed by atoms with E-state index < -0.39 is 5.82 Å². The highest BCUT2D eigenvalue weighted by molar-refractivity contribution is 6.23. The smallest absolute Gasteiger partial charge is 0.197 e. The number of nitrogens with zero attached hydrogens (tertiary/aromatic N) is 3. The third-order valence-corrected chi connectivity index (χ3v) is 7.00. The number of amidine groups is 1. The number of Topliss-reactive ketones (excluding diaryl/α,β-unsaturated/α-hetero) is 1. The maximum absolute atomic E-state index is 15.7. The highest BCUT2D eigenvalue weighted by Crippen LogP contribution is 2.42. The zero-order valence-electron chi connectivity index (χ0n) is 25.0. The Morgan fingerprint density at radius 1 is 1.12 bits per heavy atom. The van der Waals surface area contributed by atoms with Gasteiger partial charge in [-0.2, -0.15) is 4.51 Å². The maximum Gasteiger partial charge on any atom is 0.197 e. The molecular weight excluding hydrogens is 553 g/mol. The van der Waals surface area contributed by atoms with Gasteiger partial charge in [-0.15, -0.1) is 0 Å². The topological polar surface area (TPSA) is 93.1 Å². The Balaban J connectivity index is 2.05. The second-order valence-corrected chi connectivity index (χ2v) is 10.8. The molecule has 0 saturated carbocycles. The summed E-state index contributed by atoms with van der Waals surface area (Å²) in [6.07, 6.45) is 0. The lowest BCUT2D eigenvalue weighted by Crippen LogP contribution is -2.33. The summed E-state index contributed by atoms with van der Waals surface area (Å²) in [7, 11) is 3.20. The molecular formula is C30H41ClFN3O6. The molecule has 226 valence electrons. The van der Waals surface area contributed by atoms with Crippen LogP contribution < -0.4 is 19.1 Å². The van der Waals surface area contributed by atoms with Crippen molar-refractivity contribution in [2.24, 2.45) is 4.51 Å². The van der Waals surface area contributed by atoms with Gasteiger partial charge in [0.2, 0.25) is 0 Å². The second-order valence-electron chi connectivity index (χ2n) is 10.6. The molecule has 0 saturated heterocycles. The normalized spacial score (nSPS) is 13.9. The number of ether oxygens (including phenoxy) is 4. The van der Waals surface area contributed by atoms with Crippen molar-refractivity contribution in [3.05, 3.63) is 46.3 Å². The highest BCUT2D eigenvalue weighted by Gasteiger charge is 2.35. The predicted octanol–water partition coefficient (Wildman–Crippen LogP) is 4.97. The molecule has 3 rings (SSSR count). The minimum absolute atomic E-state index is 0.00579. The molecule has 1 heterocycles. The number of hydrogen-bond acceptors (Lipinski definition) is 8. The SMILES string of the molecule is CCOc1cc2c(c(F)c1OCC)/C(=N/Cl)N(CC(=O)c1cc(N(CCO)CCOC)c(OC)c(C(C)(C)C)c1)C2. The van der Waals surface area contributed by atoms with Crippen LogP contribution in [-0.4, -0.2) is 81.9 Å². The maximum atomic E-state index is 15.7. The summed E-state index contributed by atoms with van der Waals surface area (Å²) < 4.78 is 41.8. The van der Waals surface area contributed by atoms with Crippen molar-refractivity contribution in [2.75, 3.05) is 65.2 Å². The first-order chi connectivity index (χ1) is 19.6. The van der Waals surface area contributed by atoms with E-state index in [0.29, 0.717) is 54.6 Å². The van der Waals surface area contributed by atoms with E-state index in [1.807, 2.05) is 38.7 Å². The summed E-state index contributed by atoms with van der Waals surface area (Å²) in [6.45, 7) is 11.6. The second kappa shape index (κ2) is 14.2. The summed E-state index contributed by atoms with van der Waals surface area (Å²) in [5.41, 5.74) is 2.40. The first-order valence-electron chi connectivity index (χ1n) is 13.7. The number of carbonyl (C=O) groups is 1. The Bertz CT molecular complexity index is 1260. The summed E-state index contributed by atoms with van der Waals surface area (Å²) in [4.78, 5) is 17.4. The van der Waals surface area contributed by atoms with Crippen LogP contribution in [0.25, 0.3) is 0 Å². The van der Waals surface area contributed by atoms with Gasteiger partial charge in [0, 0.05) is 49.6 Å². The van der Waals surface area contributed by atoms with Crippen molar-refractivity contribution in [3.63, 3.8) is 0 Å². The van der Waals surface area contributed by atoms with Crippen LogP contribution in [0, 0.1) is 5.82 Å². The van der Waals surface area contributed by atoms with Gasteiger partial charge >= 0.3 is 0 Å². The number of aliphatic hydroxyl groups is 1. The zero-order chi connectivity index (χ0) is 30.3. The van der Waals surface area contributed by atoms with Gasteiger partial charge in [0.25, 0.3) is 0 Å². The number of rotatable bonds is 14. The third kappa shape index (κ3) is 7.05. The number of hydrogen-bond donors (Lipinski definition) is 1. The van der Waals surface area contributed by atoms with Crippen molar-refractivity contribution in [3.8, 4) is 17.2 Å². The Hall–Kier alpha value is -3.08. The van der Waals surface area contributed by atoms with Crippen molar-refractivity contribution in [1.29, 1.82) is 0 Å². The Morgan fingerprint density at radius 2 is 1.83 bits per heavy atom. The monoisotopic (exact) mass is 593 g/mol. The molecule has 0 aromatic heterocycles. The predicted molar refractivity (Wildman–Crippen MR) is 159 cm³/mol. The van der Waals surface area contributed by atoms with Gasteiger partial charge in [-0.05, 0) is 43.0 Å². The lowest BCUT2D eigenvalue weighted by atomic mass is 9.84. The molecule has 0 bridgehead atoms. The number of aliphatic hydroxyl groups excluding tert-OH is 1. The summed E-state index contributed by atoms with van der Waals surface area (Å²) in [5, 5.41) is 9.76. The van der Waals surface area contributed by atoms with Crippen molar-refractivity contribution >= 4 is 29.1 Å². The van der Waals surface area contributed by atoms with Gasteiger partial charge in [-0.1, -0.05) is 20.8 Å². The molecule has 0 unspecified atom stereocenters. The molecule has 41 heavy (non-hydrogen) atoms. The van der Waals surface area contributed by atoms with Crippen LogP contribution >= 0.6 is 11.8 Å². The average Bonchev–Trinajstić information content (AvgIpc) is 3.28. The molecule has 2 aromatic carbocycles. The quantitative estimate of drug-likeness (QED) is 0.307. The van der Waals surface area contributed by atoms with Gasteiger partial charge < -0.3 is 33.9 Å². The van der Waals surface area contributed by atoms with E-state index in [2.05, 4.69) is 4.51 Å². The molecule has 0 fully saturated rings. The number of fused-ring (bicyclic) bond motifs is 1. The van der Waals surface area contributed by atoms with Gasteiger partial charge in [0.15, 0.2) is 28.9 Å². The number of halogens is 2. The van der Waals surface area contributed by atoms with E-state index in [1.165, 1.54) is 0 Å². The lowest BCUT2D eigenvalue weighted by molar-refractivity contribution is 0.0963. The highest BCUT2D eigenvalue weighted by atomic mass is 35.5. The van der Waals surface area contributed by atoms with E-state index in [-0.39, 0.29) is 54.7 Å². The van der Waals surface area contributed by atoms with Crippen molar-refractivity contribution in [2.45, 2.75) is 46.6 Å². The van der Waals surface area contributed by atoms with E-state index in [1.54, 1.807) is 38.2 Å². The Morgan fingerprint density at radius 3 is 2.39 bits per heavy atom. The molecule has 0 atom stereocenters. The minimum atomic E-state index is -0.623. The first-order valence-corrected chi connectivity index (χ1v) is 14.1. The average molecular weight is 594 g/mol. The molecule has 1 N–H and O–H groups in total. The van der Waals surface area contributed by atoms with E-state index in [0.717, 1.165) is 5.56 Å². The molecule has 1 aliphatic heterocycles. The van der Waals surface area contributed by atoms with Gasteiger partial charge in [0.05, 0.1) is 51.3 Å². The fourth-order valence-corrected chi connectivity index (χ4v) is 5.14. The number of benzene rings is 2. The van der Waals surface area contributed by atoms with E-state index in [4.69, 9.17) is 30.7 Å². The zero-order valence-corrected chi connectivity index (χ0v) is 25.7. The van der Waals surface area contributed by atoms with Crippen molar-refractivity contribution in [1.82, 2.24) is 4.90 Å². The van der Waals surface area contributed by atoms with Crippen LogP contribution in [-0.2, 0) is 16.7 Å². The van der Waals surface area contributed by atoms with Crippen LogP contribution in [0.15, 0.2) is 22.7 Å². The Labute approximate surface area is 246 Å². The van der Waals surface area contributed by atoms with Crippen LogP contribution in [0.1, 0.15) is 61.7 Å². The van der Waals surface area contributed by atoms with Crippen molar-refractivity contribution < 1.29 is 33.2 Å². The summed E-state index contributed by atoms with van der Waals surface area (Å²) in [6, 6.07) is 5.31. The molecule has 9 nitrogen and oxygen atoms in total. The standard InChI is InChI=1S/C30H41ClFN3O6/c1-8-40-24-16-20-17-35(29(33-31)25(20)26(32)28(24)41-9-2)18-23(37)19-14-21(30(3,4)5)27(39-7)22(15-19)34(10-12-36)11-13-38-6/h14-16,36H,8-13,17-18H2,1-7H3/b33-29-. The molecule has 0 amide bonds. The van der Waals surface area contributed by atoms with E-state index in [9.17, 15) is 9.90 Å². The third-order valence-electron chi connectivity index (χ3n) is 6.84. The number of anilines is 1. The molecule has 0 aliphatic carbocycles. The van der Waals surface area contributed by atoms with Crippen LogP contribution in [0.5, 0.6) is 17.2 Å². The summed E-state index contributed by atoms with van der Waals surface area (Å²) in [5.74, 6) is 0.237. The molecule has 11 heteroatoms. The van der Waals surface area contributed by atoms with E-state index >= 15 is 4.39 Å². The van der Waals surface area contributed by atoms with Gasteiger partial charge in [-0.3, -0.25) is 4.79 Å². The van der Waals surface area contributed by atoms with Gasteiger partial charge in [0.1, 0.15) is 5.75 Å². The largest absolute Gasteiger partial charge is 0.494 e. The molecule has 1 aliphatic rings. The molecule has 0 radical (unpaired) electrons. The minimum Gasteiger partial charge on any atom is -0.494 e. The number of ketones is 1. The number of methoxy groups -OCH3 is 2. The fourth-order valence-electron chi connectivity index (χ4n) is 4.95.